The Hall–Kier alpha value is -0.380. The molecule has 1 aliphatic rings. The van der Waals surface area contributed by atoms with E-state index in [0.29, 0.717) is 12.1 Å². The average molecular weight is 284 g/mol. The van der Waals surface area contributed by atoms with Crippen LogP contribution in [0, 0.1) is 0 Å². The molecule has 1 aliphatic heterocycles. The van der Waals surface area contributed by atoms with Crippen LogP contribution in [0.25, 0.3) is 0 Å². The molecule has 3 heteroatoms. The molecule has 1 N–H and O–H groups in total. The van der Waals surface area contributed by atoms with E-state index in [1.807, 2.05) is 6.07 Å². The maximum Gasteiger partial charge on any atom is 0.0975 e. The second-order valence-corrected chi connectivity index (χ2v) is 5.41. The molecule has 0 spiro atoms. The first-order chi connectivity index (χ1) is 7.66. The van der Waals surface area contributed by atoms with Crippen molar-refractivity contribution in [1.29, 1.82) is 0 Å². The standard InChI is InChI=1S/C13H18BrNO/c1-9-6-7-16-13(10(2)15-9)11-4-3-5-12(14)8-11/h3-5,8-10,13,15H,6-7H2,1-2H3. The molecule has 1 aromatic carbocycles. The summed E-state index contributed by atoms with van der Waals surface area (Å²) >= 11 is 3.50. The highest BCUT2D eigenvalue weighted by Gasteiger charge is 2.24. The summed E-state index contributed by atoms with van der Waals surface area (Å²) in [5.74, 6) is 0. The molecule has 1 heterocycles. The van der Waals surface area contributed by atoms with Crippen LogP contribution in [0.3, 0.4) is 0 Å². The summed E-state index contributed by atoms with van der Waals surface area (Å²) in [5, 5.41) is 3.57. The molecule has 3 atom stereocenters. The van der Waals surface area contributed by atoms with Gasteiger partial charge in [-0.2, -0.15) is 0 Å². The van der Waals surface area contributed by atoms with Crippen molar-refractivity contribution in [2.45, 2.75) is 38.5 Å². The zero-order valence-electron chi connectivity index (χ0n) is 9.74. The van der Waals surface area contributed by atoms with E-state index < -0.39 is 0 Å². The fraction of sp³-hybridized carbons (Fsp3) is 0.538. The third kappa shape index (κ3) is 2.84. The van der Waals surface area contributed by atoms with Crippen LogP contribution in [0.4, 0.5) is 0 Å². The quantitative estimate of drug-likeness (QED) is 0.854. The highest BCUT2D eigenvalue weighted by molar-refractivity contribution is 9.10. The topological polar surface area (TPSA) is 21.3 Å². The van der Waals surface area contributed by atoms with E-state index in [0.717, 1.165) is 17.5 Å². The number of nitrogens with one attached hydrogen (secondary N) is 1. The van der Waals surface area contributed by atoms with Gasteiger partial charge in [-0.25, -0.2) is 0 Å². The van der Waals surface area contributed by atoms with Crippen molar-refractivity contribution in [2.24, 2.45) is 0 Å². The van der Waals surface area contributed by atoms with Crippen molar-refractivity contribution in [2.75, 3.05) is 6.61 Å². The van der Waals surface area contributed by atoms with Gasteiger partial charge in [0.15, 0.2) is 0 Å². The van der Waals surface area contributed by atoms with Crippen LogP contribution in [-0.2, 0) is 4.74 Å². The summed E-state index contributed by atoms with van der Waals surface area (Å²) < 4.78 is 7.05. The summed E-state index contributed by atoms with van der Waals surface area (Å²) in [6.07, 6.45) is 1.23. The Kier molecular flexibility index (Phi) is 4.00. The van der Waals surface area contributed by atoms with E-state index in [9.17, 15) is 0 Å². The Morgan fingerprint density at radius 1 is 1.38 bits per heavy atom. The molecule has 1 saturated heterocycles. The van der Waals surface area contributed by atoms with E-state index >= 15 is 0 Å². The van der Waals surface area contributed by atoms with Crippen LogP contribution in [0.15, 0.2) is 28.7 Å². The average Bonchev–Trinajstić information content (AvgIpc) is 2.39. The molecule has 88 valence electrons. The molecule has 16 heavy (non-hydrogen) atoms. The second-order valence-electron chi connectivity index (χ2n) is 4.49. The Morgan fingerprint density at radius 2 is 2.19 bits per heavy atom. The first-order valence-corrected chi connectivity index (χ1v) is 6.59. The number of halogens is 1. The number of rotatable bonds is 1. The predicted molar refractivity (Wildman–Crippen MR) is 69.5 cm³/mol. The summed E-state index contributed by atoms with van der Waals surface area (Å²) in [4.78, 5) is 0. The number of ether oxygens (including phenoxy) is 1. The van der Waals surface area contributed by atoms with Crippen molar-refractivity contribution in [3.05, 3.63) is 34.3 Å². The molecule has 0 radical (unpaired) electrons. The van der Waals surface area contributed by atoms with Gasteiger partial charge in [0.05, 0.1) is 6.10 Å². The number of hydrogen-bond donors (Lipinski definition) is 1. The van der Waals surface area contributed by atoms with Crippen LogP contribution >= 0.6 is 15.9 Å². The molecule has 0 amide bonds. The Labute approximate surface area is 106 Å². The molecular weight excluding hydrogens is 266 g/mol. The Morgan fingerprint density at radius 3 is 2.94 bits per heavy atom. The van der Waals surface area contributed by atoms with Crippen molar-refractivity contribution in [3.63, 3.8) is 0 Å². The second kappa shape index (κ2) is 5.30. The van der Waals surface area contributed by atoms with Crippen molar-refractivity contribution in [3.8, 4) is 0 Å². The number of benzene rings is 1. The van der Waals surface area contributed by atoms with E-state index in [-0.39, 0.29) is 6.10 Å². The first-order valence-electron chi connectivity index (χ1n) is 5.80. The summed E-state index contributed by atoms with van der Waals surface area (Å²) in [6.45, 7) is 5.23. The van der Waals surface area contributed by atoms with E-state index in [1.54, 1.807) is 0 Å². The third-order valence-electron chi connectivity index (χ3n) is 3.03. The minimum atomic E-state index is 0.155. The van der Waals surface area contributed by atoms with Crippen molar-refractivity contribution in [1.82, 2.24) is 5.32 Å². The van der Waals surface area contributed by atoms with Crippen molar-refractivity contribution >= 4 is 15.9 Å². The zero-order chi connectivity index (χ0) is 11.5. The molecule has 0 saturated carbocycles. The highest BCUT2D eigenvalue weighted by Crippen LogP contribution is 2.26. The van der Waals surface area contributed by atoms with Crippen LogP contribution in [0.5, 0.6) is 0 Å². The van der Waals surface area contributed by atoms with Gasteiger partial charge in [0.1, 0.15) is 0 Å². The minimum Gasteiger partial charge on any atom is -0.372 e. The fourth-order valence-corrected chi connectivity index (χ4v) is 2.62. The molecule has 1 fully saturated rings. The normalized spacial score (nSPS) is 31.1. The molecule has 2 nitrogen and oxygen atoms in total. The molecule has 0 aliphatic carbocycles. The Balaban J connectivity index is 2.19. The number of hydrogen-bond acceptors (Lipinski definition) is 2. The van der Waals surface area contributed by atoms with Crippen LogP contribution < -0.4 is 5.32 Å². The lowest BCUT2D eigenvalue weighted by atomic mass is 10.0. The van der Waals surface area contributed by atoms with Gasteiger partial charge >= 0.3 is 0 Å². The first kappa shape index (κ1) is 12.1. The summed E-state index contributed by atoms with van der Waals surface area (Å²) in [7, 11) is 0. The monoisotopic (exact) mass is 283 g/mol. The summed E-state index contributed by atoms with van der Waals surface area (Å²) in [5.41, 5.74) is 1.24. The van der Waals surface area contributed by atoms with Gasteiger partial charge in [-0.1, -0.05) is 28.1 Å². The molecule has 2 rings (SSSR count). The van der Waals surface area contributed by atoms with Crippen LogP contribution in [0.2, 0.25) is 0 Å². The molecule has 3 unspecified atom stereocenters. The molecule has 1 aromatic rings. The highest BCUT2D eigenvalue weighted by atomic mass is 79.9. The lowest BCUT2D eigenvalue weighted by Gasteiger charge is -2.23. The lowest BCUT2D eigenvalue weighted by molar-refractivity contribution is 0.0461. The van der Waals surface area contributed by atoms with Gasteiger partial charge in [-0.05, 0) is 38.0 Å². The molecule has 0 aromatic heterocycles. The third-order valence-corrected chi connectivity index (χ3v) is 3.52. The maximum atomic E-state index is 5.94. The lowest BCUT2D eigenvalue weighted by Crippen LogP contribution is -2.36. The predicted octanol–water partition coefficient (Wildman–Crippen LogP) is 3.28. The van der Waals surface area contributed by atoms with Gasteiger partial charge in [-0.3, -0.25) is 0 Å². The zero-order valence-corrected chi connectivity index (χ0v) is 11.3. The van der Waals surface area contributed by atoms with Crippen LogP contribution in [-0.4, -0.2) is 18.7 Å². The van der Waals surface area contributed by atoms with E-state index in [4.69, 9.17) is 4.74 Å². The van der Waals surface area contributed by atoms with Gasteiger partial charge in [0, 0.05) is 23.2 Å². The van der Waals surface area contributed by atoms with Crippen LogP contribution in [0.1, 0.15) is 31.9 Å². The largest absolute Gasteiger partial charge is 0.372 e. The van der Waals surface area contributed by atoms with Gasteiger partial charge < -0.3 is 10.1 Å². The SMILES string of the molecule is CC1CCOC(c2cccc(Br)c2)C(C)N1. The smallest absolute Gasteiger partial charge is 0.0975 e. The molecular formula is C13H18BrNO. The van der Waals surface area contributed by atoms with Gasteiger partial charge in [-0.15, -0.1) is 0 Å². The van der Waals surface area contributed by atoms with Gasteiger partial charge in [0.25, 0.3) is 0 Å². The van der Waals surface area contributed by atoms with Gasteiger partial charge in [0.2, 0.25) is 0 Å². The summed E-state index contributed by atoms with van der Waals surface area (Å²) in [6, 6.07) is 9.26. The van der Waals surface area contributed by atoms with E-state index in [1.165, 1.54) is 5.56 Å². The maximum absolute atomic E-state index is 5.94. The Bertz CT molecular complexity index is 356. The molecule has 0 bridgehead atoms. The van der Waals surface area contributed by atoms with E-state index in [2.05, 4.69) is 53.3 Å². The fourth-order valence-electron chi connectivity index (χ4n) is 2.20. The minimum absolute atomic E-state index is 0.155. The van der Waals surface area contributed by atoms with Crippen molar-refractivity contribution < 1.29 is 4.74 Å².